The molecule has 0 rings (SSSR count). The maximum absolute atomic E-state index is 8.47. The zero-order valence-corrected chi connectivity index (χ0v) is 12.1. The number of hydrogen-bond acceptors (Lipinski definition) is 10. The van der Waals surface area contributed by atoms with Gasteiger partial charge in [-0.1, -0.05) is 0 Å². The Labute approximate surface area is 122 Å². The minimum absolute atomic E-state index is 0.472. The monoisotopic (exact) mass is 322 g/mol. The van der Waals surface area contributed by atoms with Gasteiger partial charge in [0.1, 0.15) is 24.4 Å². The molecule has 0 saturated heterocycles. The molecule has 0 spiro atoms. The van der Waals surface area contributed by atoms with E-state index >= 15 is 0 Å². The first kappa shape index (κ1) is 25.0. The van der Waals surface area contributed by atoms with E-state index in [1.54, 1.807) is 6.92 Å². The summed E-state index contributed by atoms with van der Waals surface area (Å²) in [5.74, 6) is 0. The van der Waals surface area contributed by atoms with Crippen molar-refractivity contribution >= 4 is 12.6 Å². The molecule has 126 valence electrons. The summed E-state index contributed by atoms with van der Waals surface area (Å²) in [6, 6.07) is 0. The Hall–Kier alpha value is -0.0100. The highest BCUT2D eigenvalue weighted by molar-refractivity contribution is 7.80. The molecular weight excluding hydrogens is 296 g/mol. The van der Waals surface area contributed by atoms with Gasteiger partial charge in [0.05, 0.1) is 31.9 Å². The fraction of sp³-hybridized carbons (Fsp3) is 1.00. The second-order valence-corrected chi connectivity index (χ2v) is 4.38. The highest BCUT2D eigenvalue weighted by Gasteiger charge is 2.12. The van der Waals surface area contributed by atoms with Gasteiger partial charge in [0, 0.05) is 0 Å². The van der Waals surface area contributed by atoms with Crippen LogP contribution in [-0.2, 0) is 0 Å². The Morgan fingerprint density at radius 1 is 0.600 bits per heavy atom. The highest BCUT2D eigenvalue weighted by Crippen LogP contribution is 1.89. The molecule has 0 aliphatic rings. The van der Waals surface area contributed by atoms with Crippen LogP contribution in [0.3, 0.4) is 0 Å². The molecule has 0 saturated carbocycles. The maximum Gasteiger partial charge on any atom is 0.105 e. The lowest BCUT2D eigenvalue weighted by Gasteiger charge is -2.10. The summed E-state index contributed by atoms with van der Waals surface area (Å²) in [5, 5.41) is 74.2. The molecule has 0 aliphatic heterocycles. The van der Waals surface area contributed by atoms with Gasteiger partial charge in [-0.25, -0.2) is 0 Å². The lowest BCUT2D eigenvalue weighted by Crippen LogP contribution is -2.31. The minimum atomic E-state index is -1.22. The number of aliphatic hydroxyl groups excluding tert-OH is 9. The number of hydrogen-bond donors (Lipinski definition) is 10. The first-order valence-electron chi connectivity index (χ1n) is 5.69. The van der Waals surface area contributed by atoms with E-state index in [0.29, 0.717) is 0 Å². The van der Waals surface area contributed by atoms with Crippen molar-refractivity contribution in [1.82, 2.24) is 0 Å². The quantitative estimate of drug-likeness (QED) is 0.171. The minimum Gasteiger partial charge on any atom is -0.394 e. The average molecular weight is 322 g/mol. The molecule has 20 heavy (non-hydrogen) atoms. The Kier molecular flexibility index (Phi) is 21.3. The summed E-state index contributed by atoms with van der Waals surface area (Å²) in [4.78, 5) is 0. The number of aliphatic hydroxyl groups is 9. The molecule has 1 unspecified atom stereocenters. The van der Waals surface area contributed by atoms with E-state index in [-0.39, 0.29) is 0 Å². The molecule has 0 bridgehead atoms. The van der Waals surface area contributed by atoms with E-state index in [4.69, 9.17) is 46.0 Å². The second kappa shape index (κ2) is 17.0. The van der Waals surface area contributed by atoms with Crippen molar-refractivity contribution in [3.63, 3.8) is 0 Å². The van der Waals surface area contributed by atoms with E-state index in [1.165, 1.54) is 0 Å². The van der Waals surface area contributed by atoms with Gasteiger partial charge in [-0.2, -0.15) is 0 Å². The Balaban J connectivity index is -0.000000230. The van der Waals surface area contributed by atoms with Crippen molar-refractivity contribution in [3.8, 4) is 0 Å². The van der Waals surface area contributed by atoms with Crippen molar-refractivity contribution in [2.24, 2.45) is 0 Å². The van der Waals surface area contributed by atoms with E-state index in [9.17, 15) is 0 Å². The number of rotatable bonds is 6. The molecule has 0 heterocycles. The van der Waals surface area contributed by atoms with Crippen molar-refractivity contribution in [2.75, 3.05) is 26.4 Å². The summed E-state index contributed by atoms with van der Waals surface area (Å²) >= 11 is 3.52. The third-order valence-corrected chi connectivity index (χ3v) is 1.64. The summed E-state index contributed by atoms with van der Waals surface area (Å²) < 4.78 is 0. The molecule has 9 N–H and O–H groups in total. The molecular formula is C10H26O9S. The van der Waals surface area contributed by atoms with Gasteiger partial charge < -0.3 is 46.0 Å². The van der Waals surface area contributed by atoms with Gasteiger partial charge in [0.25, 0.3) is 0 Å². The first-order valence-corrected chi connectivity index (χ1v) is 6.21. The normalized spacial score (nSPS) is 17.6. The molecule has 0 aliphatic carbocycles. The Morgan fingerprint density at radius 3 is 0.750 bits per heavy atom. The number of thiol groups is 1. The fourth-order valence-electron chi connectivity index (χ4n) is 0.487. The van der Waals surface area contributed by atoms with Crippen LogP contribution >= 0.6 is 12.6 Å². The van der Waals surface area contributed by atoms with E-state index in [1.807, 2.05) is 0 Å². The first-order chi connectivity index (χ1) is 9.17. The van der Waals surface area contributed by atoms with Gasteiger partial charge in [0.2, 0.25) is 0 Å². The molecule has 0 aromatic heterocycles. The molecule has 9 nitrogen and oxygen atoms in total. The van der Waals surface area contributed by atoms with Crippen LogP contribution in [0.5, 0.6) is 0 Å². The van der Waals surface area contributed by atoms with Crippen LogP contribution < -0.4 is 0 Å². The van der Waals surface area contributed by atoms with Crippen LogP contribution in [0.1, 0.15) is 6.92 Å². The molecule has 0 aromatic rings. The van der Waals surface area contributed by atoms with Crippen molar-refractivity contribution in [3.05, 3.63) is 0 Å². The molecule has 0 radical (unpaired) electrons. The van der Waals surface area contributed by atoms with Gasteiger partial charge in [0.15, 0.2) is 0 Å². The molecule has 0 amide bonds. The molecule has 0 aromatic carbocycles. The van der Waals surface area contributed by atoms with Crippen LogP contribution in [0.25, 0.3) is 0 Å². The fourth-order valence-corrected chi connectivity index (χ4v) is 0.487. The van der Waals surface area contributed by atoms with Gasteiger partial charge in [-0.3, -0.25) is 0 Å². The van der Waals surface area contributed by atoms with Crippen molar-refractivity contribution in [2.45, 2.75) is 36.8 Å². The smallest absolute Gasteiger partial charge is 0.105 e. The maximum atomic E-state index is 8.47. The second-order valence-electron chi connectivity index (χ2n) is 3.63. The van der Waals surface area contributed by atoms with Gasteiger partial charge >= 0.3 is 0 Å². The standard InChI is InChI=1S/2C4H10O4.C2H6OS/c2*5-1-3(7)4(8)2-6;1-2(3)4/h2*3-8H,1-2H2;2-4H,1H3/t2*3-,4-;/m11./s1. The topological polar surface area (TPSA) is 182 Å². The van der Waals surface area contributed by atoms with Crippen LogP contribution in [0, 0.1) is 0 Å². The van der Waals surface area contributed by atoms with E-state index in [0.717, 1.165) is 0 Å². The summed E-state index contributed by atoms with van der Waals surface area (Å²) in [7, 11) is 0. The lowest BCUT2D eigenvalue weighted by molar-refractivity contribution is -0.0388. The summed E-state index contributed by atoms with van der Waals surface area (Å²) in [6.07, 6.45) is -4.89. The Bertz CT molecular complexity index is 149. The van der Waals surface area contributed by atoms with Gasteiger partial charge in [-0.15, -0.1) is 12.6 Å². The van der Waals surface area contributed by atoms with Crippen LogP contribution in [-0.4, -0.2) is 102 Å². The predicted molar refractivity (Wildman–Crippen MR) is 73.0 cm³/mol. The van der Waals surface area contributed by atoms with E-state index in [2.05, 4.69) is 12.6 Å². The lowest BCUT2D eigenvalue weighted by atomic mass is 10.2. The predicted octanol–water partition coefficient (Wildman–Crippen LogP) is -4.36. The zero-order chi connectivity index (χ0) is 16.7. The molecule has 10 heteroatoms. The van der Waals surface area contributed by atoms with Crippen LogP contribution in [0.15, 0.2) is 0 Å². The zero-order valence-electron chi connectivity index (χ0n) is 11.2. The van der Waals surface area contributed by atoms with Crippen LogP contribution in [0.4, 0.5) is 0 Å². The average Bonchev–Trinajstić information content (AvgIpc) is 2.43. The third kappa shape index (κ3) is 20.3. The summed E-state index contributed by atoms with van der Waals surface area (Å²) in [5.41, 5.74) is -0.472. The summed E-state index contributed by atoms with van der Waals surface area (Å²) in [6.45, 7) is -0.518. The van der Waals surface area contributed by atoms with Crippen molar-refractivity contribution in [1.29, 1.82) is 0 Å². The third-order valence-electron chi connectivity index (χ3n) is 1.64. The van der Waals surface area contributed by atoms with Gasteiger partial charge in [-0.05, 0) is 6.92 Å². The van der Waals surface area contributed by atoms with Crippen LogP contribution in [0.2, 0.25) is 0 Å². The van der Waals surface area contributed by atoms with Crippen molar-refractivity contribution < 1.29 is 46.0 Å². The molecule has 0 fully saturated rings. The SMILES string of the molecule is CC(O)S.OC[C@@H](O)[C@H](O)CO.OC[C@@H](O)[C@H](O)CO. The molecule has 5 atom stereocenters. The largest absolute Gasteiger partial charge is 0.394 e. The Morgan fingerprint density at radius 2 is 0.700 bits per heavy atom. The van der Waals surface area contributed by atoms with E-state index < -0.39 is 56.3 Å². The highest BCUT2D eigenvalue weighted by atomic mass is 32.1.